The van der Waals surface area contributed by atoms with Gasteiger partial charge < -0.3 is 9.84 Å². The van der Waals surface area contributed by atoms with E-state index in [1.165, 1.54) is 13.2 Å². The predicted octanol–water partition coefficient (Wildman–Crippen LogP) is 2.36. The van der Waals surface area contributed by atoms with Gasteiger partial charge in [-0.3, -0.25) is 4.79 Å². The van der Waals surface area contributed by atoms with Gasteiger partial charge in [0.15, 0.2) is 0 Å². The summed E-state index contributed by atoms with van der Waals surface area (Å²) >= 11 is 0. The molecule has 96 valence electrons. The molecule has 4 heteroatoms. The summed E-state index contributed by atoms with van der Waals surface area (Å²) in [6.07, 6.45) is 1.22. The van der Waals surface area contributed by atoms with Crippen LogP contribution in [-0.4, -0.2) is 24.2 Å². The van der Waals surface area contributed by atoms with Gasteiger partial charge in [-0.05, 0) is 5.56 Å². The molecule has 0 aliphatic rings. The first-order valence-corrected chi connectivity index (χ1v) is 5.61. The Hall–Kier alpha value is -2.10. The van der Waals surface area contributed by atoms with Crippen LogP contribution in [0.2, 0.25) is 0 Å². The van der Waals surface area contributed by atoms with Crippen molar-refractivity contribution in [1.29, 1.82) is 0 Å². The Balaban J connectivity index is 3.00. The van der Waals surface area contributed by atoms with Crippen LogP contribution in [0.4, 0.5) is 0 Å². The van der Waals surface area contributed by atoms with Crippen molar-refractivity contribution in [1.82, 2.24) is 0 Å². The lowest BCUT2D eigenvalue weighted by atomic mass is 9.92. The number of carbonyl (C=O) groups is 2. The number of hydrogen-bond acceptors (Lipinski definition) is 3. The molecule has 1 atom stereocenters. The lowest BCUT2D eigenvalue weighted by molar-refractivity contribution is -0.136. The molecule has 0 amide bonds. The van der Waals surface area contributed by atoms with Crippen molar-refractivity contribution in [3.05, 3.63) is 47.5 Å². The summed E-state index contributed by atoms with van der Waals surface area (Å²) in [5.74, 6) is -1.66. The molecule has 1 unspecified atom stereocenters. The van der Waals surface area contributed by atoms with E-state index in [1.54, 1.807) is 0 Å². The number of aliphatic carboxylic acids is 1. The maximum Gasteiger partial charge on any atom is 0.334 e. The lowest BCUT2D eigenvalue weighted by Crippen LogP contribution is -2.12. The number of esters is 1. The lowest BCUT2D eigenvalue weighted by Gasteiger charge is -2.14. The molecule has 1 N–H and O–H groups in total. The zero-order chi connectivity index (χ0) is 13.5. The molecule has 0 aliphatic heterocycles. The van der Waals surface area contributed by atoms with Crippen LogP contribution < -0.4 is 0 Å². The van der Waals surface area contributed by atoms with Crippen molar-refractivity contribution in [2.24, 2.45) is 0 Å². The van der Waals surface area contributed by atoms with Gasteiger partial charge in [0.1, 0.15) is 0 Å². The van der Waals surface area contributed by atoms with Crippen LogP contribution in [-0.2, 0) is 14.3 Å². The fourth-order valence-electron chi connectivity index (χ4n) is 1.67. The van der Waals surface area contributed by atoms with E-state index in [9.17, 15) is 9.59 Å². The Morgan fingerprint density at radius 3 is 2.44 bits per heavy atom. The first-order valence-electron chi connectivity index (χ1n) is 5.61. The number of carboxylic acids is 1. The van der Waals surface area contributed by atoms with Crippen molar-refractivity contribution >= 4 is 11.9 Å². The Bertz CT molecular complexity index is 448. The topological polar surface area (TPSA) is 63.6 Å². The van der Waals surface area contributed by atoms with E-state index >= 15 is 0 Å². The molecule has 18 heavy (non-hydrogen) atoms. The second-order valence-corrected chi connectivity index (χ2v) is 3.88. The maximum absolute atomic E-state index is 11.7. The van der Waals surface area contributed by atoms with E-state index in [0.717, 1.165) is 5.56 Å². The molecule has 0 spiro atoms. The number of carbonyl (C=O) groups excluding carboxylic acids is 1. The van der Waals surface area contributed by atoms with Crippen molar-refractivity contribution in [2.45, 2.75) is 19.3 Å². The molecule has 0 aliphatic carbocycles. The molecule has 1 aromatic carbocycles. The normalized spacial score (nSPS) is 12.9. The molecular weight excluding hydrogens is 232 g/mol. The maximum atomic E-state index is 11.7. The van der Waals surface area contributed by atoms with Crippen LogP contribution >= 0.6 is 0 Å². The van der Waals surface area contributed by atoms with E-state index in [0.29, 0.717) is 5.57 Å². The quantitative estimate of drug-likeness (QED) is 0.641. The number of rotatable bonds is 5. The zero-order valence-corrected chi connectivity index (χ0v) is 10.4. The monoisotopic (exact) mass is 248 g/mol. The number of hydrogen-bond donors (Lipinski definition) is 1. The van der Waals surface area contributed by atoms with Crippen LogP contribution in [0.25, 0.3) is 0 Å². The summed E-state index contributed by atoms with van der Waals surface area (Å²) in [6, 6.07) is 9.41. The molecule has 0 heterocycles. The highest BCUT2D eigenvalue weighted by Crippen LogP contribution is 2.24. The van der Waals surface area contributed by atoms with Gasteiger partial charge in [0.2, 0.25) is 0 Å². The summed E-state index contributed by atoms with van der Waals surface area (Å²) in [4.78, 5) is 22.2. The highest BCUT2D eigenvalue weighted by atomic mass is 16.5. The minimum absolute atomic E-state index is 0.193. The third-order valence-corrected chi connectivity index (χ3v) is 2.68. The Morgan fingerprint density at radius 1 is 1.33 bits per heavy atom. The van der Waals surface area contributed by atoms with Crippen LogP contribution in [0.5, 0.6) is 0 Å². The average molecular weight is 248 g/mol. The second-order valence-electron chi connectivity index (χ2n) is 3.88. The fourth-order valence-corrected chi connectivity index (χ4v) is 1.67. The van der Waals surface area contributed by atoms with Crippen molar-refractivity contribution < 1.29 is 19.4 Å². The zero-order valence-electron chi connectivity index (χ0n) is 10.4. The summed E-state index contributed by atoms with van der Waals surface area (Å²) in [7, 11) is 1.29. The third-order valence-electron chi connectivity index (χ3n) is 2.68. The van der Waals surface area contributed by atoms with Crippen molar-refractivity contribution in [3.8, 4) is 0 Å². The van der Waals surface area contributed by atoms with Crippen LogP contribution in [0, 0.1) is 0 Å². The highest BCUT2D eigenvalue weighted by molar-refractivity contribution is 5.90. The molecule has 0 radical (unpaired) electrons. The van der Waals surface area contributed by atoms with Gasteiger partial charge >= 0.3 is 11.9 Å². The molecule has 1 rings (SSSR count). The van der Waals surface area contributed by atoms with Gasteiger partial charge in [0.25, 0.3) is 0 Å². The molecule has 0 saturated carbocycles. The van der Waals surface area contributed by atoms with Crippen LogP contribution in [0.1, 0.15) is 24.8 Å². The Labute approximate surface area is 106 Å². The molecule has 1 aromatic rings. The van der Waals surface area contributed by atoms with Crippen LogP contribution in [0.15, 0.2) is 42.0 Å². The SMILES string of the molecule is COC(=O)/C(=C/CC(=O)O)C(C)c1ccccc1. The van der Waals surface area contributed by atoms with Crippen molar-refractivity contribution in [2.75, 3.05) is 7.11 Å². The minimum Gasteiger partial charge on any atom is -0.481 e. The Morgan fingerprint density at radius 2 is 1.94 bits per heavy atom. The largest absolute Gasteiger partial charge is 0.481 e. The molecule has 0 fully saturated rings. The van der Waals surface area contributed by atoms with Gasteiger partial charge in [0.05, 0.1) is 13.5 Å². The molecule has 0 saturated heterocycles. The first-order chi connectivity index (χ1) is 8.56. The number of carboxylic acid groups (broad SMARTS) is 1. The van der Waals surface area contributed by atoms with E-state index in [-0.39, 0.29) is 12.3 Å². The summed E-state index contributed by atoms with van der Waals surface area (Å²) < 4.78 is 4.69. The minimum atomic E-state index is -0.975. The molecule has 0 aromatic heterocycles. The summed E-state index contributed by atoms with van der Waals surface area (Å²) in [6.45, 7) is 1.85. The molecule has 4 nitrogen and oxygen atoms in total. The van der Waals surface area contributed by atoms with Gasteiger partial charge in [0, 0.05) is 11.5 Å². The van der Waals surface area contributed by atoms with E-state index in [2.05, 4.69) is 4.74 Å². The average Bonchev–Trinajstić information content (AvgIpc) is 2.39. The second kappa shape index (κ2) is 6.59. The standard InChI is InChI=1S/C14H16O4/c1-10(11-6-4-3-5-7-11)12(14(17)18-2)8-9-13(15)16/h3-8,10H,9H2,1-2H3,(H,15,16)/b12-8+. The van der Waals surface area contributed by atoms with E-state index in [4.69, 9.17) is 5.11 Å². The number of benzene rings is 1. The number of ether oxygens (including phenoxy) is 1. The summed E-state index contributed by atoms with van der Waals surface area (Å²) in [5, 5.41) is 8.67. The van der Waals surface area contributed by atoms with E-state index < -0.39 is 11.9 Å². The predicted molar refractivity (Wildman–Crippen MR) is 67.2 cm³/mol. The van der Waals surface area contributed by atoms with Gasteiger partial charge in [-0.15, -0.1) is 0 Å². The van der Waals surface area contributed by atoms with E-state index in [1.807, 2.05) is 37.3 Å². The third kappa shape index (κ3) is 3.73. The first kappa shape index (κ1) is 14.0. The summed E-state index contributed by atoms with van der Waals surface area (Å²) in [5.41, 5.74) is 1.31. The molecular formula is C14H16O4. The van der Waals surface area contributed by atoms with Gasteiger partial charge in [-0.25, -0.2) is 4.79 Å². The highest BCUT2D eigenvalue weighted by Gasteiger charge is 2.19. The van der Waals surface area contributed by atoms with Gasteiger partial charge in [-0.1, -0.05) is 43.3 Å². The van der Waals surface area contributed by atoms with Gasteiger partial charge in [-0.2, -0.15) is 0 Å². The molecule has 0 bridgehead atoms. The smallest absolute Gasteiger partial charge is 0.334 e. The van der Waals surface area contributed by atoms with Crippen LogP contribution in [0.3, 0.4) is 0 Å². The number of methoxy groups -OCH3 is 1. The Kier molecular flexibility index (Phi) is 5.11. The van der Waals surface area contributed by atoms with Crippen molar-refractivity contribution in [3.63, 3.8) is 0 Å². The fraction of sp³-hybridized carbons (Fsp3) is 0.286.